The highest BCUT2D eigenvalue weighted by atomic mass is 32.2. The monoisotopic (exact) mass is 319 g/mol. The number of rotatable bonds is 3. The number of thioether (sulfide) groups is 1. The van der Waals surface area contributed by atoms with Crippen LogP contribution in [-0.4, -0.2) is 46.4 Å². The number of aliphatic hydroxyl groups is 1. The van der Waals surface area contributed by atoms with Crippen LogP contribution in [0.3, 0.4) is 0 Å². The average Bonchev–Trinajstić information content (AvgIpc) is 2.80. The van der Waals surface area contributed by atoms with Crippen molar-refractivity contribution in [3.05, 3.63) is 30.3 Å². The van der Waals surface area contributed by atoms with E-state index in [1.54, 1.807) is 30.3 Å². The van der Waals surface area contributed by atoms with Gasteiger partial charge in [0.1, 0.15) is 6.54 Å². The Balaban J connectivity index is 2.05. The lowest BCUT2D eigenvalue weighted by molar-refractivity contribution is -0.120. The second-order valence-corrected chi connectivity index (χ2v) is 5.28. The number of hydrogen-bond donors (Lipinski definition) is 1. The van der Waals surface area contributed by atoms with Gasteiger partial charge in [0.2, 0.25) is 11.0 Å². The highest BCUT2D eigenvalue weighted by Gasteiger charge is 2.43. The van der Waals surface area contributed by atoms with Crippen molar-refractivity contribution < 1.29 is 23.1 Å². The van der Waals surface area contributed by atoms with Crippen LogP contribution in [0, 0.1) is 0 Å². The molecular formula is C12H12F3N3O2S. The van der Waals surface area contributed by atoms with Crippen molar-refractivity contribution in [3.8, 4) is 0 Å². The molecule has 0 fully saturated rings. The summed E-state index contributed by atoms with van der Waals surface area (Å²) in [5.74, 6) is -0.479. The molecule has 0 radical (unpaired) electrons. The first-order valence-electron chi connectivity index (χ1n) is 5.88. The van der Waals surface area contributed by atoms with E-state index in [-0.39, 0.29) is 11.8 Å². The molecule has 5 nitrogen and oxygen atoms in total. The van der Waals surface area contributed by atoms with Gasteiger partial charge in [-0.25, -0.2) is 5.01 Å². The number of alkyl halides is 3. The standard InChI is InChI=1S/C12H12F3N3O2S/c1-17(8-5-3-2-4-6-8)9(19)7-18-11(20)21-10(16-18)12(13,14)15/h2-6,11,20H,7H2,1H3. The van der Waals surface area contributed by atoms with Crippen molar-refractivity contribution in [2.75, 3.05) is 18.5 Å². The van der Waals surface area contributed by atoms with Crippen LogP contribution in [-0.2, 0) is 4.79 Å². The van der Waals surface area contributed by atoms with Crippen molar-refractivity contribution in [2.45, 2.75) is 11.7 Å². The Hall–Kier alpha value is -1.74. The molecule has 1 aromatic rings. The Morgan fingerprint density at radius 1 is 1.43 bits per heavy atom. The van der Waals surface area contributed by atoms with Crippen molar-refractivity contribution in [2.24, 2.45) is 5.10 Å². The number of benzene rings is 1. The molecule has 0 saturated carbocycles. The van der Waals surface area contributed by atoms with Crippen molar-refractivity contribution >= 4 is 28.4 Å². The van der Waals surface area contributed by atoms with Crippen molar-refractivity contribution in [1.29, 1.82) is 0 Å². The van der Waals surface area contributed by atoms with Crippen LogP contribution in [0.5, 0.6) is 0 Å². The highest BCUT2D eigenvalue weighted by molar-refractivity contribution is 8.14. The van der Waals surface area contributed by atoms with Crippen molar-refractivity contribution in [3.63, 3.8) is 0 Å². The van der Waals surface area contributed by atoms with Crippen LogP contribution in [0.1, 0.15) is 0 Å². The number of carbonyl (C=O) groups excluding carboxylic acids is 1. The Morgan fingerprint density at radius 2 is 2.05 bits per heavy atom. The first-order valence-corrected chi connectivity index (χ1v) is 6.76. The van der Waals surface area contributed by atoms with Gasteiger partial charge in [0.05, 0.1) is 0 Å². The van der Waals surface area contributed by atoms with Gasteiger partial charge < -0.3 is 10.0 Å². The molecule has 1 amide bonds. The van der Waals surface area contributed by atoms with E-state index in [0.29, 0.717) is 5.69 Å². The van der Waals surface area contributed by atoms with Crippen LogP contribution in [0.15, 0.2) is 35.4 Å². The number of nitrogens with zero attached hydrogens (tertiary/aromatic N) is 3. The summed E-state index contributed by atoms with van der Waals surface area (Å²) in [4.78, 5) is 13.3. The molecule has 21 heavy (non-hydrogen) atoms. The van der Waals surface area contributed by atoms with Crippen molar-refractivity contribution in [1.82, 2.24) is 5.01 Å². The third-order valence-corrected chi connectivity index (χ3v) is 3.74. The summed E-state index contributed by atoms with van der Waals surface area (Å²) in [5, 5.41) is 12.3. The van der Waals surface area contributed by atoms with Gasteiger partial charge in [-0.3, -0.25) is 4.79 Å². The summed E-state index contributed by atoms with van der Waals surface area (Å²) in [6.07, 6.45) is -4.63. The number of hydrogen-bond acceptors (Lipinski definition) is 5. The van der Waals surface area contributed by atoms with Crippen LogP contribution in [0.4, 0.5) is 18.9 Å². The van der Waals surface area contributed by atoms with Gasteiger partial charge in [-0.05, 0) is 23.9 Å². The zero-order chi connectivity index (χ0) is 15.6. The quantitative estimate of drug-likeness (QED) is 0.924. The summed E-state index contributed by atoms with van der Waals surface area (Å²) in [6.45, 7) is -0.445. The van der Waals surface area contributed by atoms with Gasteiger partial charge >= 0.3 is 6.18 Å². The Labute approximate surface area is 123 Å². The lowest BCUT2D eigenvalue weighted by atomic mass is 10.3. The van der Waals surface area contributed by atoms with E-state index in [1.165, 1.54) is 11.9 Å². The molecule has 0 aromatic heterocycles. The molecule has 0 bridgehead atoms. The summed E-state index contributed by atoms with van der Waals surface area (Å²) in [5.41, 5.74) is -0.918. The second-order valence-electron chi connectivity index (χ2n) is 4.23. The van der Waals surface area contributed by atoms with Crippen LogP contribution in [0.25, 0.3) is 0 Å². The van der Waals surface area contributed by atoms with E-state index >= 15 is 0 Å². The maximum atomic E-state index is 12.5. The normalized spacial score (nSPS) is 18.6. The minimum absolute atomic E-state index is 0.166. The molecule has 0 saturated heterocycles. The third-order valence-electron chi connectivity index (χ3n) is 2.75. The van der Waals surface area contributed by atoms with Gasteiger partial charge in [0.15, 0.2) is 5.56 Å². The molecule has 0 spiro atoms. The fourth-order valence-electron chi connectivity index (χ4n) is 1.63. The van der Waals surface area contributed by atoms with Crippen LogP contribution >= 0.6 is 11.8 Å². The zero-order valence-corrected chi connectivity index (χ0v) is 11.7. The number of hydrazone groups is 1. The largest absolute Gasteiger partial charge is 0.441 e. The molecule has 1 aliphatic heterocycles. The molecule has 1 N–H and O–H groups in total. The van der Waals surface area contributed by atoms with E-state index in [2.05, 4.69) is 5.10 Å². The van der Waals surface area contributed by atoms with Gasteiger partial charge in [0.25, 0.3) is 0 Å². The SMILES string of the molecule is CN(C(=O)CN1N=C(C(F)(F)F)SC1O)c1ccccc1. The molecular weight excluding hydrogens is 307 g/mol. The van der Waals surface area contributed by atoms with Gasteiger partial charge in [-0.1, -0.05) is 18.2 Å². The fourth-order valence-corrected chi connectivity index (χ4v) is 2.36. The predicted octanol–water partition coefficient (Wildman–Crippen LogP) is 1.85. The van der Waals surface area contributed by atoms with Crippen LogP contribution < -0.4 is 4.90 Å². The second kappa shape index (κ2) is 5.94. The Bertz CT molecular complexity index is 550. The summed E-state index contributed by atoms with van der Waals surface area (Å²) >= 11 is 0.166. The minimum atomic E-state index is -4.63. The first kappa shape index (κ1) is 15.6. The number of anilines is 1. The molecule has 9 heteroatoms. The lowest BCUT2D eigenvalue weighted by Crippen LogP contribution is -2.38. The zero-order valence-electron chi connectivity index (χ0n) is 10.9. The van der Waals surface area contributed by atoms with E-state index in [0.717, 1.165) is 5.01 Å². The molecule has 1 heterocycles. The number of carbonyl (C=O) groups is 1. The van der Waals surface area contributed by atoms with Gasteiger partial charge in [-0.2, -0.15) is 18.3 Å². The van der Waals surface area contributed by atoms with E-state index in [1.807, 2.05) is 0 Å². The number of para-hydroxylation sites is 1. The summed E-state index contributed by atoms with van der Waals surface area (Å²) < 4.78 is 37.5. The molecule has 1 atom stereocenters. The first-order chi connectivity index (χ1) is 9.79. The fraction of sp³-hybridized carbons (Fsp3) is 0.333. The topological polar surface area (TPSA) is 56.1 Å². The number of amides is 1. The molecule has 1 unspecified atom stereocenters. The molecule has 1 aromatic carbocycles. The van der Waals surface area contributed by atoms with Gasteiger partial charge in [-0.15, -0.1) is 0 Å². The van der Waals surface area contributed by atoms with E-state index < -0.39 is 29.2 Å². The van der Waals surface area contributed by atoms with E-state index in [9.17, 15) is 23.1 Å². The third kappa shape index (κ3) is 3.67. The molecule has 2 rings (SSSR count). The Morgan fingerprint density at radius 3 is 2.57 bits per heavy atom. The summed E-state index contributed by atoms with van der Waals surface area (Å²) in [6, 6.07) is 8.64. The smallest absolute Gasteiger partial charge is 0.363 e. The molecule has 0 aliphatic carbocycles. The maximum Gasteiger partial charge on any atom is 0.441 e. The predicted molar refractivity (Wildman–Crippen MR) is 73.6 cm³/mol. The number of likely N-dealkylation sites (N-methyl/N-ethyl adjacent to an activating group) is 1. The Kier molecular flexibility index (Phi) is 4.43. The summed E-state index contributed by atoms with van der Waals surface area (Å²) in [7, 11) is 1.50. The maximum absolute atomic E-state index is 12.5. The molecule has 114 valence electrons. The molecule has 1 aliphatic rings. The van der Waals surface area contributed by atoms with Gasteiger partial charge in [0, 0.05) is 12.7 Å². The van der Waals surface area contributed by atoms with Crippen LogP contribution in [0.2, 0.25) is 0 Å². The van der Waals surface area contributed by atoms with E-state index in [4.69, 9.17) is 0 Å². The highest BCUT2D eigenvalue weighted by Crippen LogP contribution is 2.33. The number of halogens is 3. The average molecular weight is 319 g/mol. The number of aliphatic hydroxyl groups excluding tert-OH is 1. The lowest BCUT2D eigenvalue weighted by Gasteiger charge is -2.22. The minimum Gasteiger partial charge on any atom is -0.363 e.